The minimum Gasteiger partial charge on any atom is -0.477 e. The Hall–Kier alpha value is -2.76. The van der Waals surface area contributed by atoms with Crippen LogP contribution in [0.1, 0.15) is 36.5 Å². The fourth-order valence-electron chi connectivity index (χ4n) is 2.80. The van der Waals surface area contributed by atoms with Gasteiger partial charge in [-0.15, -0.1) is 0 Å². The normalized spacial score (nSPS) is 18.2. The van der Waals surface area contributed by atoms with Crippen molar-refractivity contribution in [2.45, 2.75) is 37.5 Å². The standard InChI is InChI=1S/C18H21N3O5/c1-2-14(22)18(16(24)25,21-15(23)13-6-4-3-5-7-13)26-17(12-19)8-10-20-11-9-17/h3-7,20H,2,8-11H2,1H3,(H,21,23)(H,24,25). The number of nitriles is 1. The predicted molar refractivity (Wildman–Crippen MR) is 91.1 cm³/mol. The Balaban J connectivity index is 2.41. The van der Waals surface area contributed by atoms with Crippen LogP contribution in [0.3, 0.4) is 0 Å². The lowest BCUT2D eigenvalue weighted by molar-refractivity contribution is -0.195. The van der Waals surface area contributed by atoms with E-state index in [2.05, 4.69) is 10.6 Å². The van der Waals surface area contributed by atoms with Crippen LogP contribution in [0.2, 0.25) is 0 Å². The number of carboxylic acids is 1. The Labute approximate surface area is 151 Å². The molecule has 0 bridgehead atoms. The van der Waals surface area contributed by atoms with Crippen molar-refractivity contribution in [2.24, 2.45) is 0 Å². The lowest BCUT2D eigenvalue weighted by Gasteiger charge is -2.39. The van der Waals surface area contributed by atoms with Gasteiger partial charge in [-0.1, -0.05) is 25.1 Å². The van der Waals surface area contributed by atoms with Gasteiger partial charge in [0, 0.05) is 24.8 Å². The number of hydrogen-bond acceptors (Lipinski definition) is 6. The van der Waals surface area contributed by atoms with Crippen molar-refractivity contribution >= 4 is 17.7 Å². The average molecular weight is 359 g/mol. The van der Waals surface area contributed by atoms with Crippen molar-refractivity contribution < 1.29 is 24.2 Å². The van der Waals surface area contributed by atoms with Crippen LogP contribution in [0.25, 0.3) is 0 Å². The molecule has 8 heteroatoms. The smallest absolute Gasteiger partial charge is 0.365 e. The van der Waals surface area contributed by atoms with Crippen LogP contribution in [0.5, 0.6) is 0 Å². The van der Waals surface area contributed by atoms with Gasteiger partial charge in [0.2, 0.25) is 0 Å². The summed E-state index contributed by atoms with van der Waals surface area (Å²) in [4.78, 5) is 37.1. The number of nitrogens with zero attached hydrogens (tertiary/aromatic N) is 1. The molecule has 1 amide bonds. The molecule has 3 N–H and O–H groups in total. The maximum atomic E-state index is 12.5. The van der Waals surface area contributed by atoms with Crippen LogP contribution >= 0.6 is 0 Å². The summed E-state index contributed by atoms with van der Waals surface area (Å²) in [7, 11) is 0. The van der Waals surface area contributed by atoms with Crippen LogP contribution in [-0.2, 0) is 14.3 Å². The fraction of sp³-hybridized carbons (Fsp3) is 0.444. The second kappa shape index (κ2) is 8.08. The van der Waals surface area contributed by atoms with Crippen LogP contribution in [0.4, 0.5) is 0 Å². The fourth-order valence-corrected chi connectivity index (χ4v) is 2.80. The Morgan fingerprint density at radius 1 is 1.31 bits per heavy atom. The molecule has 1 aromatic rings. The van der Waals surface area contributed by atoms with Crippen molar-refractivity contribution in [3.05, 3.63) is 35.9 Å². The number of nitrogens with one attached hydrogen (secondary N) is 2. The van der Waals surface area contributed by atoms with Gasteiger partial charge >= 0.3 is 11.7 Å². The van der Waals surface area contributed by atoms with E-state index in [9.17, 15) is 24.8 Å². The SMILES string of the molecule is CCC(=O)C(NC(=O)c1ccccc1)(OC1(C#N)CCNCC1)C(=O)O. The highest BCUT2D eigenvalue weighted by Crippen LogP contribution is 2.29. The minimum absolute atomic E-state index is 0.179. The number of carbonyl (C=O) groups is 3. The number of amides is 1. The van der Waals surface area contributed by atoms with Crippen LogP contribution in [0, 0.1) is 11.3 Å². The molecule has 1 aromatic carbocycles. The number of piperidine rings is 1. The van der Waals surface area contributed by atoms with Gasteiger partial charge < -0.3 is 20.5 Å². The topological polar surface area (TPSA) is 129 Å². The van der Waals surface area contributed by atoms with Gasteiger partial charge in [0.1, 0.15) is 0 Å². The van der Waals surface area contributed by atoms with E-state index in [1.54, 1.807) is 18.2 Å². The van der Waals surface area contributed by atoms with E-state index in [4.69, 9.17) is 4.74 Å². The van der Waals surface area contributed by atoms with Crippen molar-refractivity contribution in [2.75, 3.05) is 13.1 Å². The molecule has 1 saturated heterocycles. The molecule has 1 fully saturated rings. The molecular weight excluding hydrogens is 338 g/mol. The number of hydrogen-bond donors (Lipinski definition) is 3. The highest BCUT2D eigenvalue weighted by molar-refractivity contribution is 6.10. The van der Waals surface area contributed by atoms with E-state index in [-0.39, 0.29) is 24.8 Å². The number of carbonyl (C=O) groups excluding carboxylic acids is 2. The van der Waals surface area contributed by atoms with E-state index in [0.29, 0.717) is 13.1 Å². The molecule has 1 heterocycles. The van der Waals surface area contributed by atoms with E-state index in [0.717, 1.165) is 0 Å². The quantitative estimate of drug-likeness (QED) is 0.486. The van der Waals surface area contributed by atoms with Crippen LogP contribution < -0.4 is 10.6 Å². The molecule has 2 rings (SSSR count). The molecule has 1 atom stereocenters. The number of ketones is 1. The van der Waals surface area contributed by atoms with Gasteiger partial charge in [-0.2, -0.15) is 5.26 Å². The Bertz CT molecular complexity index is 722. The van der Waals surface area contributed by atoms with E-state index >= 15 is 0 Å². The maximum absolute atomic E-state index is 12.5. The van der Waals surface area contributed by atoms with Gasteiger partial charge in [0.05, 0.1) is 6.07 Å². The summed E-state index contributed by atoms with van der Waals surface area (Å²) in [6.07, 6.45) is 0.231. The number of aliphatic carboxylic acids is 1. The molecule has 1 aliphatic heterocycles. The second-order valence-corrected chi connectivity index (χ2v) is 6.04. The largest absolute Gasteiger partial charge is 0.477 e. The van der Waals surface area contributed by atoms with Crippen molar-refractivity contribution in [1.29, 1.82) is 5.26 Å². The molecule has 138 valence electrons. The molecule has 1 aliphatic rings. The van der Waals surface area contributed by atoms with Crippen molar-refractivity contribution in [3.63, 3.8) is 0 Å². The Morgan fingerprint density at radius 3 is 2.42 bits per heavy atom. The zero-order chi connectivity index (χ0) is 19.2. The summed E-state index contributed by atoms with van der Waals surface area (Å²) < 4.78 is 5.64. The van der Waals surface area contributed by atoms with E-state index in [1.807, 2.05) is 6.07 Å². The Kier molecular flexibility index (Phi) is 6.08. The first-order chi connectivity index (χ1) is 12.4. The van der Waals surface area contributed by atoms with Gasteiger partial charge in [-0.25, -0.2) is 4.79 Å². The number of Topliss-reactive ketones (excluding diaryl/α,β-unsaturated/α-hetero) is 1. The van der Waals surface area contributed by atoms with E-state index in [1.165, 1.54) is 19.1 Å². The predicted octanol–water partition coefficient (Wildman–Crippen LogP) is 0.839. The number of benzene rings is 1. The van der Waals surface area contributed by atoms with Gasteiger partial charge in [-0.3, -0.25) is 9.59 Å². The van der Waals surface area contributed by atoms with Crippen LogP contribution in [0.15, 0.2) is 30.3 Å². The summed E-state index contributed by atoms with van der Waals surface area (Å²) in [5, 5.41) is 24.6. The molecular formula is C18H21N3O5. The third-order valence-electron chi connectivity index (χ3n) is 4.30. The first-order valence-corrected chi connectivity index (χ1v) is 8.35. The summed E-state index contributed by atoms with van der Waals surface area (Å²) >= 11 is 0. The summed E-state index contributed by atoms with van der Waals surface area (Å²) in [5.41, 5.74) is -3.91. The molecule has 0 saturated carbocycles. The molecule has 0 aromatic heterocycles. The zero-order valence-electron chi connectivity index (χ0n) is 14.4. The summed E-state index contributed by atoms with van der Waals surface area (Å²) in [5.74, 6) is -3.25. The third-order valence-corrected chi connectivity index (χ3v) is 4.30. The molecule has 1 unspecified atom stereocenters. The first-order valence-electron chi connectivity index (χ1n) is 8.35. The van der Waals surface area contributed by atoms with Crippen molar-refractivity contribution in [3.8, 4) is 6.07 Å². The second-order valence-electron chi connectivity index (χ2n) is 6.04. The molecule has 26 heavy (non-hydrogen) atoms. The number of ether oxygens (including phenoxy) is 1. The highest BCUT2D eigenvalue weighted by Gasteiger charge is 2.54. The molecule has 0 aliphatic carbocycles. The lowest BCUT2D eigenvalue weighted by Crippen LogP contribution is -2.66. The molecule has 8 nitrogen and oxygen atoms in total. The minimum atomic E-state index is -2.62. The van der Waals surface area contributed by atoms with Crippen molar-refractivity contribution in [1.82, 2.24) is 10.6 Å². The molecule has 0 spiro atoms. The lowest BCUT2D eigenvalue weighted by atomic mass is 9.92. The zero-order valence-corrected chi connectivity index (χ0v) is 14.4. The summed E-state index contributed by atoms with van der Waals surface area (Å²) in [6.45, 7) is 2.35. The Morgan fingerprint density at radius 2 is 1.92 bits per heavy atom. The van der Waals surface area contributed by atoms with Gasteiger partial charge in [0.25, 0.3) is 5.91 Å². The van der Waals surface area contributed by atoms with Crippen LogP contribution in [-0.4, -0.2) is 47.2 Å². The third kappa shape index (κ3) is 3.90. The first kappa shape index (κ1) is 19.6. The maximum Gasteiger partial charge on any atom is 0.365 e. The monoisotopic (exact) mass is 359 g/mol. The van der Waals surface area contributed by atoms with Gasteiger partial charge in [0.15, 0.2) is 11.4 Å². The van der Waals surface area contributed by atoms with E-state index < -0.39 is 29.0 Å². The van der Waals surface area contributed by atoms with Gasteiger partial charge in [-0.05, 0) is 25.2 Å². The molecule has 0 radical (unpaired) electrons. The highest BCUT2D eigenvalue weighted by atomic mass is 16.6. The summed E-state index contributed by atoms with van der Waals surface area (Å²) in [6, 6.07) is 9.90. The average Bonchev–Trinajstić information content (AvgIpc) is 2.67. The number of rotatable bonds is 7. The number of carboxylic acid groups (broad SMARTS) is 1.